The lowest BCUT2D eigenvalue weighted by Crippen LogP contribution is -2.29. The van der Waals surface area contributed by atoms with Crippen LogP contribution in [0.3, 0.4) is 0 Å². The van der Waals surface area contributed by atoms with E-state index in [9.17, 15) is 9.59 Å². The Kier molecular flexibility index (Phi) is 17.9. The van der Waals surface area contributed by atoms with Gasteiger partial charge in [0.15, 0.2) is 0 Å². The van der Waals surface area contributed by atoms with Crippen LogP contribution < -0.4 is 10.6 Å². The summed E-state index contributed by atoms with van der Waals surface area (Å²) in [7, 11) is 4.03. The van der Waals surface area contributed by atoms with Gasteiger partial charge >= 0.3 is 0 Å². The third-order valence-corrected chi connectivity index (χ3v) is 4.54. The molecular weight excluding hydrogens is 326 g/mol. The first-order valence-corrected chi connectivity index (χ1v) is 10.7. The van der Waals surface area contributed by atoms with E-state index in [1.807, 2.05) is 14.1 Å². The van der Waals surface area contributed by atoms with Gasteiger partial charge in [0.25, 0.3) is 0 Å². The maximum atomic E-state index is 11.7. The molecule has 0 aliphatic carbocycles. The van der Waals surface area contributed by atoms with Crippen molar-refractivity contribution in [3.05, 3.63) is 0 Å². The highest BCUT2D eigenvalue weighted by molar-refractivity contribution is 5.83. The Morgan fingerprint density at radius 2 is 1.08 bits per heavy atom. The fourth-order valence-corrected chi connectivity index (χ4v) is 2.87. The number of nitrogens with zero attached hydrogens (tertiary/aromatic N) is 1. The van der Waals surface area contributed by atoms with Crippen LogP contribution in [0.15, 0.2) is 0 Å². The molecule has 0 bridgehead atoms. The smallest absolute Gasteiger partial charge is 0.220 e. The predicted molar refractivity (Wildman–Crippen MR) is 110 cm³/mol. The van der Waals surface area contributed by atoms with Crippen molar-refractivity contribution < 1.29 is 9.59 Å². The molecule has 0 atom stereocenters. The topological polar surface area (TPSA) is 61.4 Å². The van der Waals surface area contributed by atoms with E-state index in [0.717, 1.165) is 25.9 Å². The van der Waals surface area contributed by atoms with E-state index in [1.165, 1.54) is 57.8 Å². The van der Waals surface area contributed by atoms with Gasteiger partial charge in [0.05, 0.1) is 0 Å². The fourth-order valence-electron chi connectivity index (χ4n) is 2.87. The zero-order chi connectivity index (χ0) is 19.5. The second-order valence-corrected chi connectivity index (χ2v) is 7.54. The van der Waals surface area contributed by atoms with Gasteiger partial charge in [-0.15, -0.1) is 0 Å². The molecule has 2 N–H and O–H groups in total. The van der Waals surface area contributed by atoms with Crippen molar-refractivity contribution in [3.63, 3.8) is 0 Å². The molecule has 2 amide bonds. The van der Waals surface area contributed by atoms with E-state index in [4.69, 9.17) is 0 Å². The van der Waals surface area contributed by atoms with Crippen LogP contribution in [-0.4, -0.2) is 50.4 Å². The number of rotatable bonds is 18. The molecule has 0 unspecified atom stereocenters. The monoisotopic (exact) mass is 369 g/mol. The summed E-state index contributed by atoms with van der Waals surface area (Å²) in [6, 6.07) is 0. The SMILES string of the molecule is CCCCCCCCCCCCNC(=O)CCC(=O)NCCCN(C)C. The average Bonchev–Trinajstić information content (AvgIpc) is 2.61. The minimum absolute atomic E-state index is 0.00985. The minimum atomic E-state index is -0.0298. The van der Waals surface area contributed by atoms with Crippen LogP contribution in [0, 0.1) is 0 Å². The Bertz CT molecular complexity index is 346. The molecule has 0 aliphatic heterocycles. The van der Waals surface area contributed by atoms with Crippen LogP contribution in [0.25, 0.3) is 0 Å². The highest BCUT2D eigenvalue weighted by Crippen LogP contribution is 2.10. The van der Waals surface area contributed by atoms with Gasteiger partial charge in [-0.05, 0) is 33.5 Å². The second-order valence-electron chi connectivity index (χ2n) is 7.54. The number of hydrogen-bond acceptors (Lipinski definition) is 3. The molecule has 5 nitrogen and oxygen atoms in total. The van der Waals surface area contributed by atoms with E-state index >= 15 is 0 Å². The van der Waals surface area contributed by atoms with Gasteiger partial charge in [0.2, 0.25) is 11.8 Å². The van der Waals surface area contributed by atoms with Crippen LogP contribution >= 0.6 is 0 Å². The molecule has 0 heterocycles. The Morgan fingerprint density at radius 1 is 0.654 bits per heavy atom. The van der Waals surface area contributed by atoms with Crippen molar-refractivity contribution in [2.75, 3.05) is 33.7 Å². The first-order valence-electron chi connectivity index (χ1n) is 10.7. The molecule has 0 radical (unpaired) electrons. The Labute approximate surface area is 161 Å². The zero-order valence-corrected chi connectivity index (χ0v) is 17.6. The van der Waals surface area contributed by atoms with Crippen LogP contribution in [0.2, 0.25) is 0 Å². The molecule has 0 aromatic rings. The van der Waals surface area contributed by atoms with Crippen LogP contribution in [0.5, 0.6) is 0 Å². The lowest BCUT2D eigenvalue weighted by molar-refractivity contribution is -0.126. The van der Waals surface area contributed by atoms with E-state index in [0.29, 0.717) is 6.54 Å². The molecule has 0 aromatic heterocycles. The quantitative estimate of drug-likeness (QED) is 0.361. The van der Waals surface area contributed by atoms with E-state index in [2.05, 4.69) is 22.5 Å². The third-order valence-electron chi connectivity index (χ3n) is 4.54. The molecule has 0 aromatic carbocycles. The minimum Gasteiger partial charge on any atom is -0.356 e. The van der Waals surface area contributed by atoms with Gasteiger partial charge < -0.3 is 15.5 Å². The lowest BCUT2D eigenvalue weighted by atomic mass is 10.1. The molecule has 154 valence electrons. The summed E-state index contributed by atoms with van der Waals surface area (Å²) in [4.78, 5) is 25.5. The van der Waals surface area contributed by atoms with Crippen LogP contribution in [0.4, 0.5) is 0 Å². The predicted octanol–water partition coefficient (Wildman–Crippen LogP) is 3.87. The number of amides is 2. The Morgan fingerprint density at radius 3 is 1.54 bits per heavy atom. The number of hydrogen-bond donors (Lipinski definition) is 2. The number of carbonyl (C=O) groups excluding carboxylic acids is 2. The molecule has 0 rings (SSSR count). The molecule has 0 spiro atoms. The van der Waals surface area contributed by atoms with E-state index < -0.39 is 0 Å². The van der Waals surface area contributed by atoms with Crippen molar-refractivity contribution in [2.24, 2.45) is 0 Å². The highest BCUT2D eigenvalue weighted by Gasteiger charge is 2.06. The van der Waals surface area contributed by atoms with Crippen molar-refractivity contribution in [1.82, 2.24) is 15.5 Å². The first kappa shape index (κ1) is 24.9. The number of nitrogens with one attached hydrogen (secondary N) is 2. The summed E-state index contributed by atoms with van der Waals surface area (Å²) in [5.74, 6) is -0.0396. The molecular formula is C21H43N3O2. The summed E-state index contributed by atoms with van der Waals surface area (Å²) in [6.07, 6.45) is 14.5. The Hall–Kier alpha value is -1.10. The van der Waals surface area contributed by atoms with Crippen molar-refractivity contribution in [3.8, 4) is 0 Å². The normalized spacial score (nSPS) is 10.9. The number of unbranched alkanes of at least 4 members (excludes halogenated alkanes) is 9. The van der Waals surface area contributed by atoms with Gasteiger partial charge in [-0.2, -0.15) is 0 Å². The van der Waals surface area contributed by atoms with Gasteiger partial charge in [-0.25, -0.2) is 0 Å². The third kappa shape index (κ3) is 19.2. The molecule has 0 fully saturated rings. The second kappa shape index (κ2) is 18.7. The molecule has 0 aliphatic rings. The van der Waals surface area contributed by atoms with Gasteiger partial charge in [0, 0.05) is 25.9 Å². The summed E-state index contributed by atoms with van der Waals surface area (Å²) in [5.41, 5.74) is 0. The van der Waals surface area contributed by atoms with E-state index in [-0.39, 0.29) is 24.7 Å². The van der Waals surface area contributed by atoms with E-state index in [1.54, 1.807) is 0 Å². The molecule has 0 saturated carbocycles. The maximum absolute atomic E-state index is 11.7. The zero-order valence-electron chi connectivity index (χ0n) is 17.6. The number of carbonyl (C=O) groups is 2. The van der Waals surface area contributed by atoms with Crippen molar-refractivity contribution in [1.29, 1.82) is 0 Å². The fraction of sp³-hybridized carbons (Fsp3) is 0.905. The van der Waals surface area contributed by atoms with Crippen LogP contribution in [0.1, 0.15) is 90.4 Å². The summed E-state index contributed by atoms with van der Waals surface area (Å²) < 4.78 is 0. The average molecular weight is 370 g/mol. The van der Waals surface area contributed by atoms with Gasteiger partial charge in [0.1, 0.15) is 0 Å². The van der Waals surface area contributed by atoms with Crippen molar-refractivity contribution >= 4 is 11.8 Å². The largest absolute Gasteiger partial charge is 0.356 e. The lowest BCUT2D eigenvalue weighted by Gasteiger charge is -2.10. The Balaban J connectivity index is 3.32. The summed E-state index contributed by atoms with van der Waals surface area (Å²) >= 11 is 0. The molecule has 5 heteroatoms. The molecule has 0 saturated heterocycles. The van der Waals surface area contributed by atoms with Crippen molar-refractivity contribution in [2.45, 2.75) is 90.4 Å². The van der Waals surface area contributed by atoms with Crippen LogP contribution in [-0.2, 0) is 9.59 Å². The standard InChI is InChI=1S/C21H43N3O2/c1-4-5-6-7-8-9-10-11-12-13-17-22-20(25)15-16-21(26)23-18-14-19-24(2)3/h4-19H2,1-3H3,(H,22,25)(H,23,26). The van der Waals surface area contributed by atoms with Gasteiger partial charge in [-0.1, -0.05) is 64.7 Å². The van der Waals surface area contributed by atoms with Gasteiger partial charge in [-0.3, -0.25) is 9.59 Å². The summed E-state index contributed by atoms with van der Waals surface area (Å²) in [6.45, 7) is 4.62. The first-order chi connectivity index (χ1) is 12.6. The maximum Gasteiger partial charge on any atom is 0.220 e. The highest BCUT2D eigenvalue weighted by atomic mass is 16.2. The summed E-state index contributed by atoms with van der Waals surface area (Å²) in [5, 5.41) is 5.78. The molecule has 26 heavy (non-hydrogen) atoms.